The molecule has 2 atom stereocenters. The Morgan fingerprint density at radius 1 is 0.886 bits per heavy atom. The van der Waals surface area contributed by atoms with Crippen LogP contribution in [0.5, 0.6) is 5.75 Å². The number of para-hydroxylation sites is 1. The predicted molar refractivity (Wildman–Crippen MR) is 171 cm³/mol. The fourth-order valence-corrected chi connectivity index (χ4v) is 9.97. The first-order chi connectivity index (χ1) is 21.4. The third-order valence-electron chi connectivity index (χ3n) is 12.2. The number of aliphatic carboxylic acids is 1. The van der Waals surface area contributed by atoms with Crippen molar-refractivity contribution >= 4 is 17.5 Å². The van der Waals surface area contributed by atoms with E-state index >= 15 is 0 Å². The molecule has 0 amide bonds. The van der Waals surface area contributed by atoms with E-state index < -0.39 is 5.97 Å². The van der Waals surface area contributed by atoms with Crippen LogP contribution < -0.4 is 10.6 Å². The summed E-state index contributed by atoms with van der Waals surface area (Å²) in [7, 11) is 0. The Balaban J connectivity index is 0.888. The van der Waals surface area contributed by atoms with Gasteiger partial charge in [0.25, 0.3) is 0 Å². The van der Waals surface area contributed by atoms with Gasteiger partial charge in [-0.15, -0.1) is 10.2 Å². The molecule has 44 heavy (non-hydrogen) atoms. The number of hydrogen-bond donors (Lipinski definition) is 3. The van der Waals surface area contributed by atoms with Crippen LogP contribution in [0.25, 0.3) is 11.3 Å². The number of hydrogen-bond acceptors (Lipinski definition) is 7. The smallest absolute Gasteiger partial charge is 0.306 e. The standard InChI is InChI=1S/C36H43N5O3/c37-34-31(17-30(38-39-34)29-3-1-2-4-32(29)42)41-20-25-18-36(19-26(21-41)33(25)36)27-9-5-22(6-10-27)23-13-15-40(16-14-23)28-11-7-24(8-12-28)35(43)44/h1-6,9-10,17,23-26,28,33,42H,7-8,11-16,18-21H2,(H2,37,39)(H,43,44)/t24-,25?,26?,28+,33?,36?. The maximum absolute atomic E-state index is 11.3. The molecule has 2 saturated heterocycles. The number of carboxylic acids is 1. The summed E-state index contributed by atoms with van der Waals surface area (Å²) in [5, 5.41) is 28.2. The van der Waals surface area contributed by atoms with Gasteiger partial charge in [-0.3, -0.25) is 4.79 Å². The van der Waals surface area contributed by atoms with Crippen LogP contribution in [0.1, 0.15) is 68.4 Å². The van der Waals surface area contributed by atoms with Gasteiger partial charge in [0.15, 0.2) is 5.82 Å². The molecule has 3 saturated carbocycles. The van der Waals surface area contributed by atoms with Crippen molar-refractivity contribution in [1.82, 2.24) is 15.1 Å². The van der Waals surface area contributed by atoms with Gasteiger partial charge in [-0.05, 0) is 123 Å². The molecule has 5 aliphatic rings. The SMILES string of the molecule is Nc1nnc(-c2ccccc2O)cc1N1CC2CC3(c4ccc(C5CCN([C@H]6CC[C@@H](C(=O)O)CC6)CC5)cc4)CC(C1)C23. The third-order valence-corrected chi connectivity index (χ3v) is 12.2. The number of benzene rings is 2. The summed E-state index contributed by atoms with van der Waals surface area (Å²) in [5.74, 6) is 2.62. The molecule has 0 radical (unpaired) electrons. The van der Waals surface area contributed by atoms with E-state index in [1.165, 1.54) is 36.8 Å². The highest BCUT2D eigenvalue weighted by Crippen LogP contribution is 2.69. The fraction of sp³-hybridized carbons (Fsp3) is 0.528. The summed E-state index contributed by atoms with van der Waals surface area (Å²) in [6, 6.07) is 19.5. The lowest BCUT2D eigenvalue weighted by atomic mass is 9.35. The van der Waals surface area contributed by atoms with E-state index in [0.29, 0.717) is 46.3 Å². The van der Waals surface area contributed by atoms with E-state index in [-0.39, 0.29) is 11.7 Å². The van der Waals surface area contributed by atoms with E-state index in [9.17, 15) is 15.0 Å². The first kappa shape index (κ1) is 27.9. The van der Waals surface area contributed by atoms with Crippen molar-refractivity contribution in [1.29, 1.82) is 0 Å². The van der Waals surface area contributed by atoms with E-state index in [1.54, 1.807) is 6.07 Å². The zero-order chi connectivity index (χ0) is 30.0. The van der Waals surface area contributed by atoms with Gasteiger partial charge in [-0.1, -0.05) is 36.4 Å². The monoisotopic (exact) mass is 593 g/mol. The number of rotatable bonds is 6. The molecule has 8 heteroatoms. The van der Waals surface area contributed by atoms with Crippen LogP contribution >= 0.6 is 0 Å². The number of nitrogens with two attached hydrogens (primary N) is 1. The van der Waals surface area contributed by atoms with Crippen molar-refractivity contribution in [2.45, 2.75) is 68.7 Å². The van der Waals surface area contributed by atoms with E-state index in [0.717, 1.165) is 63.5 Å². The van der Waals surface area contributed by atoms with Crippen molar-refractivity contribution in [2.24, 2.45) is 23.7 Å². The minimum atomic E-state index is -0.613. The lowest BCUT2D eigenvalue weighted by Crippen LogP contribution is -2.71. The molecule has 2 aromatic carbocycles. The Morgan fingerprint density at radius 2 is 1.57 bits per heavy atom. The van der Waals surface area contributed by atoms with Gasteiger partial charge >= 0.3 is 5.97 Å². The number of phenols is 1. The Labute approximate surface area is 259 Å². The minimum absolute atomic E-state index is 0.131. The molecule has 2 aliphatic heterocycles. The second kappa shape index (κ2) is 10.8. The topological polar surface area (TPSA) is 116 Å². The van der Waals surface area contributed by atoms with Gasteiger partial charge in [-0.25, -0.2) is 0 Å². The molecule has 4 N–H and O–H groups in total. The van der Waals surface area contributed by atoms with Crippen molar-refractivity contribution in [2.75, 3.05) is 36.8 Å². The van der Waals surface area contributed by atoms with Crippen molar-refractivity contribution in [3.05, 3.63) is 65.7 Å². The van der Waals surface area contributed by atoms with Crippen LogP contribution in [-0.4, -0.2) is 63.5 Å². The highest BCUT2D eigenvalue weighted by Gasteiger charge is 2.67. The molecule has 1 aromatic heterocycles. The van der Waals surface area contributed by atoms with Crippen LogP contribution in [0.2, 0.25) is 0 Å². The van der Waals surface area contributed by atoms with Gasteiger partial charge in [0.2, 0.25) is 0 Å². The number of phenolic OH excluding ortho intramolecular Hbond substituents is 1. The molecule has 8 nitrogen and oxygen atoms in total. The highest BCUT2D eigenvalue weighted by atomic mass is 16.4. The number of piperidine rings is 2. The summed E-state index contributed by atoms with van der Waals surface area (Å²) in [6.07, 6.45) is 8.60. The molecule has 2 unspecified atom stereocenters. The number of nitrogens with zero attached hydrogens (tertiary/aromatic N) is 4. The molecule has 5 fully saturated rings. The van der Waals surface area contributed by atoms with Gasteiger partial charge in [-0.2, -0.15) is 0 Å². The summed E-state index contributed by atoms with van der Waals surface area (Å²) >= 11 is 0. The molecule has 8 rings (SSSR count). The van der Waals surface area contributed by atoms with Crippen LogP contribution in [0.15, 0.2) is 54.6 Å². The van der Waals surface area contributed by atoms with Crippen molar-refractivity contribution in [3.63, 3.8) is 0 Å². The second-order valence-electron chi connectivity index (χ2n) is 14.3. The van der Waals surface area contributed by atoms with Crippen molar-refractivity contribution < 1.29 is 15.0 Å². The zero-order valence-electron chi connectivity index (χ0n) is 25.3. The number of anilines is 2. The van der Waals surface area contributed by atoms with Gasteiger partial charge in [0.1, 0.15) is 5.75 Å². The Bertz CT molecular complexity index is 1530. The number of likely N-dealkylation sites (tertiary alicyclic amines) is 1. The van der Waals surface area contributed by atoms with Crippen LogP contribution in [0.4, 0.5) is 11.5 Å². The zero-order valence-corrected chi connectivity index (χ0v) is 25.3. The van der Waals surface area contributed by atoms with E-state index in [4.69, 9.17) is 5.73 Å². The van der Waals surface area contributed by atoms with Gasteiger partial charge in [0.05, 0.1) is 17.3 Å². The molecular weight excluding hydrogens is 550 g/mol. The minimum Gasteiger partial charge on any atom is -0.507 e. The van der Waals surface area contributed by atoms with Crippen LogP contribution in [0.3, 0.4) is 0 Å². The Morgan fingerprint density at radius 3 is 2.23 bits per heavy atom. The van der Waals surface area contributed by atoms with E-state index in [2.05, 4.69) is 44.3 Å². The molecule has 0 spiro atoms. The maximum atomic E-state index is 11.3. The summed E-state index contributed by atoms with van der Waals surface area (Å²) in [4.78, 5) is 16.4. The number of carboxylic acid groups (broad SMARTS) is 1. The van der Waals surface area contributed by atoms with Gasteiger partial charge in [0, 0.05) is 24.7 Å². The quantitative estimate of drug-likeness (QED) is 0.335. The lowest BCUT2D eigenvalue weighted by molar-refractivity contribution is -0.143. The number of aromatic hydroxyl groups is 1. The fourth-order valence-electron chi connectivity index (χ4n) is 9.97. The van der Waals surface area contributed by atoms with Crippen LogP contribution in [-0.2, 0) is 10.2 Å². The molecule has 3 aliphatic carbocycles. The Kier molecular flexibility index (Phi) is 6.81. The van der Waals surface area contributed by atoms with E-state index in [1.807, 2.05) is 24.3 Å². The van der Waals surface area contributed by atoms with Crippen LogP contribution in [0, 0.1) is 23.7 Å². The Hall–Kier alpha value is -3.65. The average molecular weight is 594 g/mol. The normalized spacial score (nSPS) is 31.9. The van der Waals surface area contributed by atoms with Gasteiger partial charge < -0.3 is 25.7 Å². The number of carbonyl (C=O) groups is 1. The second-order valence-corrected chi connectivity index (χ2v) is 14.3. The number of aromatic nitrogens is 2. The molecule has 3 heterocycles. The first-order valence-corrected chi connectivity index (χ1v) is 16.6. The number of nitrogen functional groups attached to an aromatic ring is 1. The molecule has 3 aromatic rings. The summed E-state index contributed by atoms with van der Waals surface area (Å²) in [5.41, 5.74) is 12.0. The highest BCUT2D eigenvalue weighted by molar-refractivity contribution is 5.74. The maximum Gasteiger partial charge on any atom is 0.306 e. The molecular formula is C36H43N5O3. The predicted octanol–water partition coefficient (Wildman–Crippen LogP) is 5.67. The molecule has 230 valence electrons. The average Bonchev–Trinajstić information content (AvgIpc) is 3.03. The summed E-state index contributed by atoms with van der Waals surface area (Å²) < 4.78 is 0. The van der Waals surface area contributed by atoms with Crippen molar-refractivity contribution in [3.8, 4) is 17.0 Å². The first-order valence-electron chi connectivity index (χ1n) is 16.6. The summed E-state index contributed by atoms with van der Waals surface area (Å²) in [6.45, 7) is 4.25. The third kappa shape index (κ3) is 4.56. The lowest BCUT2D eigenvalue weighted by Gasteiger charge is -2.71. The largest absolute Gasteiger partial charge is 0.507 e. The molecule has 0 bridgehead atoms.